The van der Waals surface area contributed by atoms with Gasteiger partial charge in [0.15, 0.2) is 11.5 Å². The number of carbonyl (C=O) groups excluding carboxylic acids is 1. The Labute approximate surface area is 118 Å². The molecule has 2 amide bonds. The van der Waals surface area contributed by atoms with E-state index in [-0.39, 0.29) is 12.1 Å². The van der Waals surface area contributed by atoms with Crippen LogP contribution in [0.15, 0.2) is 17.2 Å². The van der Waals surface area contributed by atoms with E-state index in [1.165, 1.54) is 5.01 Å². The minimum atomic E-state index is -0.222. The minimum absolute atomic E-state index is 0.0365. The van der Waals surface area contributed by atoms with Crippen LogP contribution in [0.4, 0.5) is 4.79 Å². The summed E-state index contributed by atoms with van der Waals surface area (Å²) in [5.74, 6) is 1.33. The third-order valence-electron chi connectivity index (χ3n) is 3.32. The maximum absolute atomic E-state index is 11.8. The second-order valence-electron chi connectivity index (χ2n) is 4.60. The van der Waals surface area contributed by atoms with Crippen LogP contribution in [0.1, 0.15) is 18.1 Å². The third-order valence-corrected chi connectivity index (χ3v) is 3.32. The van der Waals surface area contributed by atoms with Crippen molar-refractivity contribution < 1.29 is 14.3 Å². The highest BCUT2D eigenvalue weighted by Gasteiger charge is 2.23. The average molecular weight is 277 g/mol. The number of rotatable bonds is 2. The molecule has 108 valence electrons. The summed E-state index contributed by atoms with van der Waals surface area (Å²) >= 11 is 0. The molecular weight excluding hydrogens is 258 g/mol. The predicted octanol–water partition coefficient (Wildman–Crippen LogP) is 1.62. The molecule has 0 bridgehead atoms. The van der Waals surface area contributed by atoms with E-state index in [1.54, 1.807) is 27.5 Å². The van der Waals surface area contributed by atoms with Crippen LogP contribution >= 0.6 is 0 Å². The van der Waals surface area contributed by atoms with E-state index in [2.05, 4.69) is 10.4 Å². The summed E-state index contributed by atoms with van der Waals surface area (Å²) in [4.78, 5) is 11.8. The van der Waals surface area contributed by atoms with Crippen LogP contribution < -0.4 is 14.8 Å². The Morgan fingerprint density at radius 2 is 2.00 bits per heavy atom. The summed E-state index contributed by atoms with van der Waals surface area (Å²) in [6, 6.07) is 3.55. The molecule has 0 aromatic heterocycles. The third kappa shape index (κ3) is 2.54. The quantitative estimate of drug-likeness (QED) is 0.893. The highest BCUT2D eigenvalue weighted by Crippen LogP contribution is 2.31. The van der Waals surface area contributed by atoms with Crippen molar-refractivity contribution in [3.63, 3.8) is 0 Å². The van der Waals surface area contributed by atoms with E-state index >= 15 is 0 Å². The number of hydrogen-bond donors (Lipinski definition) is 1. The summed E-state index contributed by atoms with van der Waals surface area (Å²) in [5.41, 5.74) is 2.01. The smallest absolute Gasteiger partial charge is 0.337 e. The monoisotopic (exact) mass is 277 g/mol. The normalized spacial score (nSPS) is 17.2. The first-order valence-electron chi connectivity index (χ1n) is 6.40. The zero-order chi connectivity index (χ0) is 14.7. The van der Waals surface area contributed by atoms with Gasteiger partial charge in [-0.25, -0.2) is 9.80 Å². The van der Waals surface area contributed by atoms with Gasteiger partial charge >= 0.3 is 6.03 Å². The summed E-state index contributed by atoms with van der Waals surface area (Å²) in [6.45, 7) is 1.96. The zero-order valence-corrected chi connectivity index (χ0v) is 12.1. The van der Waals surface area contributed by atoms with Crippen molar-refractivity contribution in [3.8, 4) is 11.5 Å². The zero-order valence-electron chi connectivity index (χ0n) is 12.1. The van der Waals surface area contributed by atoms with Gasteiger partial charge in [-0.3, -0.25) is 0 Å². The van der Waals surface area contributed by atoms with E-state index in [9.17, 15) is 4.79 Å². The molecule has 0 saturated heterocycles. The Bertz CT molecular complexity index is 543. The Kier molecular flexibility index (Phi) is 4.12. The van der Waals surface area contributed by atoms with Crippen molar-refractivity contribution in [1.29, 1.82) is 0 Å². The topological polar surface area (TPSA) is 63.2 Å². The molecular formula is C14H19N3O3. The Hall–Kier alpha value is -2.24. The van der Waals surface area contributed by atoms with E-state index in [4.69, 9.17) is 9.47 Å². The molecule has 20 heavy (non-hydrogen) atoms. The van der Waals surface area contributed by atoms with Crippen molar-refractivity contribution in [1.82, 2.24) is 10.3 Å². The van der Waals surface area contributed by atoms with E-state index < -0.39 is 0 Å². The highest BCUT2D eigenvalue weighted by atomic mass is 16.5. The largest absolute Gasteiger partial charge is 0.493 e. The van der Waals surface area contributed by atoms with Gasteiger partial charge in [-0.05, 0) is 31.0 Å². The standard InChI is InChI=1S/C14H19N3O3/c1-9-5-10-6-12(19-3)13(20-4)7-11(10)8-16-17(9)14(18)15-2/h6-9H,5H2,1-4H3,(H,15,18). The van der Waals surface area contributed by atoms with Crippen LogP contribution in [0.5, 0.6) is 11.5 Å². The second-order valence-corrected chi connectivity index (χ2v) is 4.60. The summed E-state index contributed by atoms with van der Waals surface area (Å²) < 4.78 is 10.6. The molecule has 1 atom stereocenters. The van der Waals surface area contributed by atoms with Crippen molar-refractivity contribution in [3.05, 3.63) is 23.3 Å². The molecule has 1 unspecified atom stereocenters. The first kappa shape index (κ1) is 14.2. The summed E-state index contributed by atoms with van der Waals surface area (Å²) in [5, 5.41) is 8.28. The van der Waals surface area contributed by atoms with Crippen LogP contribution in [0.2, 0.25) is 0 Å². The molecule has 1 aromatic carbocycles. The molecule has 1 aromatic rings. The van der Waals surface area contributed by atoms with Gasteiger partial charge in [-0.15, -0.1) is 0 Å². The van der Waals surface area contributed by atoms with Gasteiger partial charge in [0.1, 0.15) is 0 Å². The number of nitrogens with zero attached hydrogens (tertiary/aromatic N) is 2. The number of amides is 2. The molecule has 6 heteroatoms. The maximum Gasteiger partial charge on any atom is 0.337 e. The lowest BCUT2D eigenvalue weighted by molar-refractivity contribution is 0.185. The minimum Gasteiger partial charge on any atom is -0.493 e. The van der Waals surface area contributed by atoms with Crippen molar-refractivity contribution >= 4 is 12.2 Å². The fraction of sp³-hybridized carbons (Fsp3) is 0.429. The average Bonchev–Trinajstić information content (AvgIpc) is 2.62. The molecule has 1 aliphatic heterocycles. The molecule has 1 N–H and O–H groups in total. The number of ether oxygens (including phenoxy) is 2. The van der Waals surface area contributed by atoms with Gasteiger partial charge in [0.05, 0.1) is 26.5 Å². The molecule has 0 aliphatic carbocycles. The lowest BCUT2D eigenvalue weighted by Crippen LogP contribution is -2.40. The van der Waals surface area contributed by atoms with Gasteiger partial charge in [-0.1, -0.05) is 0 Å². The molecule has 0 radical (unpaired) electrons. The molecule has 2 rings (SSSR count). The molecule has 1 heterocycles. The highest BCUT2D eigenvalue weighted by molar-refractivity contribution is 5.85. The Balaban J connectivity index is 2.41. The van der Waals surface area contributed by atoms with Gasteiger partial charge in [-0.2, -0.15) is 5.10 Å². The first-order valence-corrected chi connectivity index (χ1v) is 6.40. The fourth-order valence-electron chi connectivity index (χ4n) is 2.24. The summed E-state index contributed by atoms with van der Waals surface area (Å²) in [7, 11) is 4.79. The van der Waals surface area contributed by atoms with Crippen LogP contribution in [0.3, 0.4) is 0 Å². The van der Waals surface area contributed by atoms with Crippen molar-refractivity contribution in [2.24, 2.45) is 5.10 Å². The van der Waals surface area contributed by atoms with E-state index in [0.717, 1.165) is 11.1 Å². The lowest BCUT2D eigenvalue weighted by Gasteiger charge is -2.22. The number of carbonyl (C=O) groups is 1. The van der Waals surface area contributed by atoms with Crippen LogP contribution in [-0.4, -0.2) is 44.6 Å². The van der Waals surface area contributed by atoms with Gasteiger partial charge < -0.3 is 14.8 Å². The van der Waals surface area contributed by atoms with E-state index in [0.29, 0.717) is 17.9 Å². The molecule has 6 nitrogen and oxygen atoms in total. The van der Waals surface area contributed by atoms with E-state index in [1.807, 2.05) is 19.1 Å². The van der Waals surface area contributed by atoms with Crippen LogP contribution in [0, 0.1) is 0 Å². The van der Waals surface area contributed by atoms with Gasteiger partial charge in [0.2, 0.25) is 0 Å². The molecule has 0 spiro atoms. The second kappa shape index (κ2) is 5.81. The number of fused-ring (bicyclic) bond motifs is 1. The predicted molar refractivity (Wildman–Crippen MR) is 76.6 cm³/mol. The fourth-order valence-corrected chi connectivity index (χ4v) is 2.24. The van der Waals surface area contributed by atoms with Gasteiger partial charge in [0.25, 0.3) is 0 Å². The lowest BCUT2D eigenvalue weighted by atomic mass is 10.0. The number of hydrogen-bond acceptors (Lipinski definition) is 4. The Morgan fingerprint density at radius 3 is 2.60 bits per heavy atom. The summed E-state index contributed by atoms with van der Waals surface area (Å²) in [6.07, 6.45) is 2.37. The van der Waals surface area contributed by atoms with Gasteiger partial charge in [0, 0.05) is 12.6 Å². The maximum atomic E-state index is 11.8. The molecule has 0 fully saturated rings. The van der Waals surface area contributed by atoms with Crippen LogP contribution in [-0.2, 0) is 6.42 Å². The van der Waals surface area contributed by atoms with Crippen molar-refractivity contribution in [2.45, 2.75) is 19.4 Å². The SMILES string of the molecule is CNC(=O)N1N=Cc2cc(OC)c(OC)cc2CC1C. The number of urea groups is 1. The Morgan fingerprint density at radius 1 is 1.35 bits per heavy atom. The molecule has 1 aliphatic rings. The number of hydrazone groups is 1. The molecule has 0 saturated carbocycles. The number of nitrogens with one attached hydrogen (secondary N) is 1. The van der Waals surface area contributed by atoms with Crippen LogP contribution in [0.25, 0.3) is 0 Å². The number of methoxy groups -OCH3 is 2. The number of benzene rings is 1. The first-order chi connectivity index (χ1) is 9.60. The van der Waals surface area contributed by atoms with Crippen molar-refractivity contribution in [2.75, 3.05) is 21.3 Å².